The molecule has 1 saturated heterocycles. The normalized spacial score (nSPS) is 15.5. The van der Waals surface area contributed by atoms with Crippen molar-refractivity contribution < 1.29 is 19.2 Å². The van der Waals surface area contributed by atoms with Crippen molar-refractivity contribution in [3.05, 3.63) is 64.7 Å². The number of fused-ring (bicyclic) bond motifs is 1. The molecule has 1 fully saturated rings. The first-order valence-corrected chi connectivity index (χ1v) is 10.1. The van der Waals surface area contributed by atoms with Gasteiger partial charge in [0.1, 0.15) is 0 Å². The number of amides is 4. The highest BCUT2D eigenvalue weighted by molar-refractivity contribution is 6.21. The maximum atomic E-state index is 12.5. The molecule has 30 heavy (non-hydrogen) atoms. The van der Waals surface area contributed by atoms with E-state index in [0.717, 1.165) is 36.4 Å². The van der Waals surface area contributed by atoms with Crippen molar-refractivity contribution in [1.82, 2.24) is 9.80 Å². The molecule has 0 atom stereocenters. The van der Waals surface area contributed by atoms with Crippen molar-refractivity contribution in [2.75, 3.05) is 25.0 Å². The summed E-state index contributed by atoms with van der Waals surface area (Å²) in [6.45, 7) is 3.38. The van der Waals surface area contributed by atoms with Gasteiger partial charge in [0.2, 0.25) is 5.91 Å². The lowest BCUT2D eigenvalue weighted by Crippen LogP contribution is -2.33. The highest BCUT2D eigenvalue weighted by atomic mass is 16.2. The van der Waals surface area contributed by atoms with Gasteiger partial charge < -0.3 is 10.2 Å². The Morgan fingerprint density at radius 2 is 1.70 bits per heavy atom. The van der Waals surface area contributed by atoms with Crippen LogP contribution in [-0.2, 0) is 4.79 Å². The average molecular weight is 405 g/mol. The first-order chi connectivity index (χ1) is 14.4. The molecule has 0 spiro atoms. The topological polar surface area (TPSA) is 86.8 Å². The monoisotopic (exact) mass is 405 g/mol. The van der Waals surface area contributed by atoms with Crippen LogP contribution in [0, 0.1) is 6.92 Å². The molecule has 4 rings (SSSR count). The van der Waals surface area contributed by atoms with Crippen LogP contribution in [0.1, 0.15) is 55.9 Å². The van der Waals surface area contributed by atoms with Crippen molar-refractivity contribution in [3.8, 4) is 0 Å². The van der Waals surface area contributed by atoms with Crippen LogP contribution in [0.2, 0.25) is 0 Å². The molecule has 0 aromatic heterocycles. The van der Waals surface area contributed by atoms with Gasteiger partial charge in [0, 0.05) is 37.3 Å². The maximum absolute atomic E-state index is 12.5. The Balaban J connectivity index is 1.37. The zero-order chi connectivity index (χ0) is 21.3. The first kappa shape index (κ1) is 19.8. The summed E-state index contributed by atoms with van der Waals surface area (Å²) in [5.74, 6) is -1.11. The molecule has 0 radical (unpaired) electrons. The third-order valence-corrected chi connectivity index (χ3v) is 5.48. The number of anilines is 1. The molecule has 0 aliphatic carbocycles. The van der Waals surface area contributed by atoms with Crippen LogP contribution in [0.5, 0.6) is 0 Å². The molecule has 2 heterocycles. The van der Waals surface area contributed by atoms with Gasteiger partial charge in [-0.1, -0.05) is 17.7 Å². The zero-order valence-electron chi connectivity index (χ0n) is 16.8. The van der Waals surface area contributed by atoms with Crippen LogP contribution in [0.4, 0.5) is 5.69 Å². The number of benzene rings is 2. The molecule has 2 aliphatic rings. The van der Waals surface area contributed by atoms with E-state index in [1.54, 1.807) is 42.5 Å². The Labute approximate surface area is 174 Å². The van der Waals surface area contributed by atoms with Crippen molar-refractivity contribution in [2.45, 2.75) is 26.2 Å². The number of hydrogen-bond acceptors (Lipinski definition) is 4. The van der Waals surface area contributed by atoms with Crippen LogP contribution in [0.15, 0.2) is 42.5 Å². The first-order valence-electron chi connectivity index (χ1n) is 10.1. The highest BCUT2D eigenvalue weighted by Gasteiger charge is 2.35. The number of nitrogens with one attached hydrogen (secondary N) is 1. The third-order valence-electron chi connectivity index (χ3n) is 5.48. The van der Waals surface area contributed by atoms with Crippen molar-refractivity contribution in [3.63, 3.8) is 0 Å². The SMILES string of the molecule is Cc1ccc2c(c1)C(=O)N(CCC(=O)Nc1cccc(C(=O)N3CCCC3)c1)C2=O. The van der Waals surface area contributed by atoms with Gasteiger partial charge in [0.05, 0.1) is 11.1 Å². The van der Waals surface area contributed by atoms with E-state index < -0.39 is 0 Å². The molecule has 2 aromatic rings. The van der Waals surface area contributed by atoms with E-state index in [-0.39, 0.29) is 36.6 Å². The predicted molar refractivity (Wildman–Crippen MR) is 111 cm³/mol. The molecule has 2 aromatic carbocycles. The number of hydrogen-bond donors (Lipinski definition) is 1. The summed E-state index contributed by atoms with van der Waals surface area (Å²) in [7, 11) is 0. The molecular weight excluding hydrogens is 382 g/mol. The number of imide groups is 1. The zero-order valence-corrected chi connectivity index (χ0v) is 16.8. The summed E-state index contributed by atoms with van der Waals surface area (Å²) in [6, 6.07) is 12.0. The van der Waals surface area contributed by atoms with Crippen LogP contribution in [-0.4, -0.2) is 53.1 Å². The van der Waals surface area contributed by atoms with E-state index in [1.807, 2.05) is 11.8 Å². The van der Waals surface area contributed by atoms with E-state index in [4.69, 9.17) is 0 Å². The Bertz CT molecular complexity index is 1040. The predicted octanol–water partition coefficient (Wildman–Crippen LogP) is 2.86. The molecule has 4 amide bonds. The summed E-state index contributed by atoms with van der Waals surface area (Å²) >= 11 is 0. The van der Waals surface area contributed by atoms with Crippen molar-refractivity contribution in [1.29, 1.82) is 0 Å². The fourth-order valence-electron chi connectivity index (χ4n) is 3.88. The number of carbonyl (C=O) groups excluding carboxylic acids is 4. The van der Waals surface area contributed by atoms with Crippen molar-refractivity contribution >= 4 is 29.3 Å². The molecule has 154 valence electrons. The molecule has 0 saturated carbocycles. The van der Waals surface area contributed by atoms with Crippen LogP contribution in [0.25, 0.3) is 0 Å². The summed E-state index contributed by atoms with van der Waals surface area (Å²) in [5.41, 5.74) is 2.71. The van der Waals surface area contributed by atoms with E-state index >= 15 is 0 Å². The third kappa shape index (κ3) is 3.83. The van der Waals surface area contributed by atoms with Gasteiger partial charge in [0.15, 0.2) is 0 Å². The second-order valence-corrected chi connectivity index (χ2v) is 7.69. The molecule has 2 aliphatic heterocycles. The smallest absolute Gasteiger partial charge is 0.261 e. The van der Waals surface area contributed by atoms with Gasteiger partial charge in [-0.3, -0.25) is 24.1 Å². The minimum absolute atomic E-state index is 0.00360. The Morgan fingerprint density at radius 3 is 2.47 bits per heavy atom. The molecule has 7 heteroatoms. The largest absolute Gasteiger partial charge is 0.339 e. The molecular formula is C23H23N3O4. The Hall–Kier alpha value is -3.48. The molecule has 0 unspecified atom stereocenters. The standard InChI is InChI=1S/C23H23N3O4/c1-15-7-8-18-19(13-15)23(30)26(22(18)29)12-9-20(27)24-17-6-4-5-16(14-17)21(28)25-10-2-3-11-25/h4-8,13-14H,2-3,9-12H2,1H3,(H,24,27). The van der Waals surface area contributed by atoms with Crippen LogP contribution >= 0.6 is 0 Å². The number of aryl methyl sites for hydroxylation is 1. The van der Waals surface area contributed by atoms with Crippen molar-refractivity contribution in [2.24, 2.45) is 0 Å². The van der Waals surface area contributed by atoms with E-state index in [0.29, 0.717) is 22.4 Å². The average Bonchev–Trinajstić information content (AvgIpc) is 3.34. The minimum atomic E-state index is -0.374. The fourth-order valence-corrected chi connectivity index (χ4v) is 3.88. The summed E-state index contributed by atoms with van der Waals surface area (Å²) < 4.78 is 0. The van der Waals surface area contributed by atoms with Gasteiger partial charge in [-0.15, -0.1) is 0 Å². The van der Waals surface area contributed by atoms with Gasteiger partial charge in [-0.2, -0.15) is 0 Å². The van der Waals surface area contributed by atoms with Gasteiger partial charge in [-0.05, 0) is 50.1 Å². The van der Waals surface area contributed by atoms with Gasteiger partial charge in [0.25, 0.3) is 17.7 Å². The minimum Gasteiger partial charge on any atom is -0.339 e. The lowest BCUT2D eigenvalue weighted by Gasteiger charge is -2.16. The lowest BCUT2D eigenvalue weighted by molar-refractivity contribution is -0.116. The Morgan fingerprint density at radius 1 is 0.967 bits per heavy atom. The Kier molecular flexibility index (Phi) is 5.35. The number of likely N-dealkylation sites (tertiary alicyclic amines) is 1. The van der Waals surface area contributed by atoms with Crippen LogP contribution in [0.3, 0.4) is 0 Å². The van der Waals surface area contributed by atoms with Crippen LogP contribution < -0.4 is 5.32 Å². The summed E-state index contributed by atoms with van der Waals surface area (Å²) in [4.78, 5) is 52.8. The fraction of sp³-hybridized carbons (Fsp3) is 0.304. The quantitative estimate of drug-likeness (QED) is 0.775. The summed E-state index contributed by atoms with van der Waals surface area (Å²) in [5, 5.41) is 2.75. The second kappa shape index (κ2) is 8.10. The molecule has 7 nitrogen and oxygen atoms in total. The van der Waals surface area contributed by atoms with Gasteiger partial charge in [-0.25, -0.2) is 0 Å². The number of rotatable bonds is 5. The van der Waals surface area contributed by atoms with Gasteiger partial charge >= 0.3 is 0 Å². The number of carbonyl (C=O) groups is 4. The van der Waals surface area contributed by atoms with E-state index in [9.17, 15) is 19.2 Å². The molecule has 1 N–H and O–H groups in total. The molecule has 0 bridgehead atoms. The lowest BCUT2D eigenvalue weighted by atomic mass is 10.1. The van der Waals surface area contributed by atoms with E-state index in [2.05, 4.69) is 5.32 Å². The van der Waals surface area contributed by atoms with E-state index in [1.165, 1.54) is 0 Å². The number of nitrogens with zero attached hydrogens (tertiary/aromatic N) is 2. The second-order valence-electron chi connectivity index (χ2n) is 7.69. The maximum Gasteiger partial charge on any atom is 0.261 e. The highest BCUT2D eigenvalue weighted by Crippen LogP contribution is 2.24. The summed E-state index contributed by atoms with van der Waals surface area (Å²) in [6.07, 6.45) is 2.01.